The molecular formula is C39H22N4O2. The zero-order chi connectivity index (χ0) is 30.2. The van der Waals surface area contributed by atoms with Gasteiger partial charge in [0, 0.05) is 32.9 Å². The maximum atomic E-state index is 13.4. The standard InChI is InChI=1S/C39H22N4O2/c40-23-24-18-26(20-27(19-24)43-38(44)30-14-4-5-15-31(30)39(43)45)42-35-17-9-7-13-29(35)33-21-36-32(22-37(33)42)28-12-6-8-16-34(28)41(36)25-10-2-1-3-11-25/h1-22H. The summed E-state index contributed by atoms with van der Waals surface area (Å²) in [5.41, 5.74) is 7.34. The number of rotatable bonds is 3. The van der Waals surface area contributed by atoms with Crippen molar-refractivity contribution in [3.63, 3.8) is 0 Å². The number of nitrogens with zero attached hydrogens (tertiary/aromatic N) is 4. The summed E-state index contributed by atoms with van der Waals surface area (Å²) in [5.74, 6) is -0.788. The Hall–Kier alpha value is -6.45. The fourth-order valence-corrected chi connectivity index (χ4v) is 6.91. The van der Waals surface area contributed by atoms with E-state index in [2.05, 4.69) is 88.0 Å². The van der Waals surface area contributed by atoms with Gasteiger partial charge in [0.1, 0.15) is 0 Å². The van der Waals surface area contributed by atoms with Crippen LogP contribution in [0.25, 0.3) is 55.0 Å². The molecule has 210 valence electrons. The van der Waals surface area contributed by atoms with E-state index in [-0.39, 0.29) is 0 Å². The van der Waals surface area contributed by atoms with Crippen LogP contribution in [-0.4, -0.2) is 20.9 Å². The summed E-state index contributed by atoms with van der Waals surface area (Å²) in [6, 6.07) is 45.7. The van der Waals surface area contributed by atoms with E-state index in [4.69, 9.17) is 0 Å². The smallest absolute Gasteiger partial charge is 0.266 e. The summed E-state index contributed by atoms with van der Waals surface area (Å²) in [7, 11) is 0. The highest BCUT2D eigenvalue weighted by atomic mass is 16.2. The third-order valence-corrected chi connectivity index (χ3v) is 8.82. The first-order chi connectivity index (χ1) is 22.1. The van der Waals surface area contributed by atoms with Gasteiger partial charge < -0.3 is 9.13 Å². The first kappa shape index (κ1) is 25.1. The average molecular weight is 579 g/mol. The summed E-state index contributed by atoms with van der Waals surface area (Å²) in [6.07, 6.45) is 0. The largest absolute Gasteiger partial charge is 0.309 e. The van der Waals surface area contributed by atoms with E-state index < -0.39 is 11.8 Å². The van der Waals surface area contributed by atoms with Crippen LogP contribution in [0.2, 0.25) is 0 Å². The number of hydrogen-bond acceptors (Lipinski definition) is 3. The molecule has 9 rings (SSSR count). The molecule has 0 atom stereocenters. The Morgan fingerprint density at radius 1 is 0.444 bits per heavy atom. The maximum Gasteiger partial charge on any atom is 0.266 e. The molecule has 0 saturated heterocycles. The molecule has 0 spiro atoms. The molecule has 6 aromatic carbocycles. The number of hydrogen-bond donors (Lipinski definition) is 0. The lowest BCUT2D eigenvalue weighted by molar-refractivity contribution is 0.0926. The van der Waals surface area contributed by atoms with Crippen molar-refractivity contribution in [3.05, 3.63) is 150 Å². The highest BCUT2D eigenvalue weighted by Crippen LogP contribution is 2.40. The fourth-order valence-electron chi connectivity index (χ4n) is 6.91. The summed E-state index contributed by atoms with van der Waals surface area (Å²) < 4.78 is 4.42. The number of carbonyl (C=O) groups is 2. The second kappa shape index (κ2) is 9.27. The van der Waals surface area contributed by atoms with E-state index in [1.807, 2.05) is 30.3 Å². The van der Waals surface area contributed by atoms with Crippen molar-refractivity contribution >= 4 is 61.1 Å². The maximum absolute atomic E-state index is 13.4. The lowest BCUT2D eigenvalue weighted by Gasteiger charge is -2.17. The predicted molar refractivity (Wildman–Crippen MR) is 177 cm³/mol. The highest BCUT2D eigenvalue weighted by Gasteiger charge is 2.36. The number of imide groups is 1. The SMILES string of the molecule is N#Cc1cc(N2C(=O)c3ccccc3C2=O)cc(-n2c3ccccc3c3cc4c(cc32)c2ccccc2n4-c2ccccc2)c1. The lowest BCUT2D eigenvalue weighted by atomic mass is 10.1. The zero-order valence-electron chi connectivity index (χ0n) is 23.8. The number of para-hydroxylation sites is 3. The number of benzene rings is 6. The van der Waals surface area contributed by atoms with Gasteiger partial charge in [-0.05, 0) is 66.7 Å². The number of nitriles is 1. The van der Waals surface area contributed by atoms with Gasteiger partial charge in [-0.25, -0.2) is 4.90 Å². The molecule has 2 amide bonds. The van der Waals surface area contributed by atoms with Crippen LogP contribution in [0, 0.1) is 11.3 Å². The Morgan fingerprint density at radius 2 is 0.933 bits per heavy atom. The third-order valence-electron chi connectivity index (χ3n) is 8.82. The molecule has 2 aromatic heterocycles. The Morgan fingerprint density at radius 3 is 1.51 bits per heavy atom. The zero-order valence-corrected chi connectivity index (χ0v) is 23.8. The van der Waals surface area contributed by atoms with Crippen LogP contribution in [0.4, 0.5) is 5.69 Å². The predicted octanol–water partition coefficient (Wildman–Crippen LogP) is 8.55. The monoisotopic (exact) mass is 578 g/mol. The van der Waals surface area contributed by atoms with Crippen LogP contribution in [0.3, 0.4) is 0 Å². The molecule has 1 aliphatic heterocycles. The Balaban J connectivity index is 1.35. The number of fused-ring (bicyclic) bond motifs is 7. The van der Waals surface area contributed by atoms with E-state index >= 15 is 0 Å². The molecule has 0 N–H and O–H groups in total. The van der Waals surface area contributed by atoms with E-state index in [1.54, 1.807) is 30.3 Å². The van der Waals surface area contributed by atoms with Gasteiger partial charge in [0.05, 0.1) is 50.5 Å². The van der Waals surface area contributed by atoms with Crippen molar-refractivity contribution in [2.45, 2.75) is 0 Å². The second-order valence-corrected chi connectivity index (χ2v) is 11.3. The van der Waals surface area contributed by atoms with Crippen LogP contribution >= 0.6 is 0 Å². The van der Waals surface area contributed by atoms with Gasteiger partial charge in [-0.2, -0.15) is 5.26 Å². The molecule has 0 aliphatic carbocycles. The molecule has 1 aliphatic rings. The molecular weight excluding hydrogens is 556 g/mol. The first-order valence-electron chi connectivity index (χ1n) is 14.7. The quantitative estimate of drug-likeness (QED) is 0.197. The van der Waals surface area contributed by atoms with Crippen LogP contribution < -0.4 is 4.90 Å². The Labute approximate surface area is 257 Å². The van der Waals surface area contributed by atoms with Crippen molar-refractivity contribution in [2.24, 2.45) is 0 Å². The number of aromatic nitrogens is 2. The van der Waals surface area contributed by atoms with Gasteiger partial charge in [0.25, 0.3) is 11.8 Å². The van der Waals surface area contributed by atoms with Gasteiger partial charge in [0.2, 0.25) is 0 Å². The minimum atomic E-state index is -0.394. The van der Waals surface area contributed by atoms with Gasteiger partial charge in [-0.15, -0.1) is 0 Å². The van der Waals surface area contributed by atoms with E-state index in [9.17, 15) is 14.9 Å². The topological polar surface area (TPSA) is 71.0 Å². The van der Waals surface area contributed by atoms with E-state index in [0.717, 1.165) is 49.3 Å². The molecule has 0 fully saturated rings. The lowest BCUT2D eigenvalue weighted by Crippen LogP contribution is -2.29. The normalized spacial score (nSPS) is 12.9. The Kier molecular flexibility index (Phi) is 5.17. The minimum Gasteiger partial charge on any atom is -0.309 e. The van der Waals surface area contributed by atoms with Crippen molar-refractivity contribution in [1.29, 1.82) is 5.26 Å². The summed E-state index contributed by atoms with van der Waals surface area (Å²) in [6.45, 7) is 0. The van der Waals surface area contributed by atoms with E-state index in [1.165, 1.54) is 4.90 Å². The van der Waals surface area contributed by atoms with Gasteiger partial charge in [0.15, 0.2) is 0 Å². The van der Waals surface area contributed by atoms with Crippen LogP contribution in [0.1, 0.15) is 26.3 Å². The van der Waals surface area contributed by atoms with Crippen molar-refractivity contribution in [1.82, 2.24) is 9.13 Å². The minimum absolute atomic E-state index is 0.353. The second-order valence-electron chi connectivity index (χ2n) is 11.3. The summed E-state index contributed by atoms with van der Waals surface area (Å²) in [5, 5.41) is 14.4. The fraction of sp³-hybridized carbons (Fsp3) is 0. The summed E-state index contributed by atoms with van der Waals surface area (Å²) >= 11 is 0. The highest BCUT2D eigenvalue weighted by molar-refractivity contribution is 6.34. The molecule has 8 aromatic rings. The van der Waals surface area contributed by atoms with E-state index in [0.29, 0.717) is 28.1 Å². The van der Waals surface area contributed by atoms with Crippen LogP contribution in [0.5, 0.6) is 0 Å². The average Bonchev–Trinajstić information content (AvgIpc) is 3.68. The van der Waals surface area contributed by atoms with Gasteiger partial charge >= 0.3 is 0 Å². The Bertz CT molecular complexity index is 2570. The molecule has 0 unspecified atom stereocenters. The van der Waals surface area contributed by atoms with Gasteiger partial charge in [-0.3, -0.25) is 9.59 Å². The summed E-state index contributed by atoms with van der Waals surface area (Å²) in [4.78, 5) is 28.0. The molecule has 0 saturated carbocycles. The van der Waals surface area contributed by atoms with Crippen molar-refractivity contribution < 1.29 is 9.59 Å². The number of carbonyl (C=O) groups excluding carboxylic acids is 2. The molecule has 3 heterocycles. The molecule has 6 heteroatoms. The van der Waals surface area contributed by atoms with Crippen molar-refractivity contribution in [2.75, 3.05) is 4.90 Å². The molecule has 0 bridgehead atoms. The van der Waals surface area contributed by atoms with Crippen LogP contribution in [-0.2, 0) is 0 Å². The van der Waals surface area contributed by atoms with Crippen molar-refractivity contribution in [3.8, 4) is 17.4 Å². The molecule has 6 nitrogen and oxygen atoms in total. The number of anilines is 1. The van der Waals surface area contributed by atoms with Gasteiger partial charge in [-0.1, -0.05) is 66.7 Å². The van der Waals surface area contributed by atoms with Crippen LogP contribution in [0.15, 0.2) is 133 Å². The molecule has 45 heavy (non-hydrogen) atoms. The number of amides is 2. The first-order valence-corrected chi connectivity index (χ1v) is 14.7. The molecule has 0 radical (unpaired) electrons. The third kappa shape index (κ3) is 3.49.